The van der Waals surface area contributed by atoms with Crippen molar-refractivity contribution in [3.63, 3.8) is 0 Å². The van der Waals surface area contributed by atoms with Gasteiger partial charge in [-0.3, -0.25) is 4.99 Å². The van der Waals surface area contributed by atoms with Crippen LogP contribution in [0.1, 0.15) is 12.5 Å². The number of hydrogen-bond acceptors (Lipinski definition) is 3. The fourth-order valence-electron chi connectivity index (χ4n) is 2.65. The molecule has 0 aliphatic carbocycles. The van der Waals surface area contributed by atoms with Gasteiger partial charge in [-0.2, -0.15) is 0 Å². The third-order valence-corrected chi connectivity index (χ3v) is 3.75. The summed E-state index contributed by atoms with van der Waals surface area (Å²) in [5, 5.41) is 0. The maximum atomic E-state index is 13.1. The zero-order valence-corrected chi connectivity index (χ0v) is 11.3. The lowest BCUT2D eigenvalue weighted by atomic mass is 9.90. The van der Waals surface area contributed by atoms with E-state index in [1.54, 1.807) is 12.1 Å². The fourth-order valence-corrected chi connectivity index (χ4v) is 2.65. The Kier molecular flexibility index (Phi) is 2.93. The molecule has 0 aromatic heterocycles. The predicted octanol–water partition coefficient (Wildman–Crippen LogP) is 2.88. The molecule has 0 bridgehead atoms. The summed E-state index contributed by atoms with van der Waals surface area (Å²) in [7, 11) is 0. The van der Waals surface area contributed by atoms with E-state index >= 15 is 0 Å². The van der Waals surface area contributed by atoms with Crippen molar-refractivity contribution in [3.8, 4) is 0 Å². The van der Waals surface area contributed by atoms with E-state index in [0.29, 0.717) is 12.5 Å². The predicted molar refractivity (Wildman–Crippen MR) is 79.2 cm³/mol. The van der Waals surface area contributed by atoms with Crippen molar-refractivity contribution in [1.82, 2.24) is 0 Å². The normalized spacial score (nSPS) is 21.9. The molecule has 20 heavy (non-hydrogen) atoms. The smallest absolute Gasteiger partial charge is 0.196 e. The van der Waals surface area contributed by atoms with Gasteiger partial charge < -0.3 is 10.6 Å². The van der Waals surface area contributed by atoms with Crippen molar-refractivity contribution >= 4 is 11.6 Å². The Hall–Kier alpha value is -2.36. The van der Waals surface area contributed by atoms with Crippen molar-refractivity contribution in [2.45, 2.75) is 12.5 Å². The molecule has 0 saturated heterocycles. The zero-order chi connectivity index (χ0) is 14.2. The van der Waals surface area contributed by atoms with Crippen molar-refractivity contribution in [1.29, 1.82) is 0 Å². The van der Waals surface area contributed by atoms with E-state index in [9.17, 15) is 4.39 Å². The van der Waals surface area contributed by atoms with Gasteiger partial charge in [0.25, 0.3) is 0 Å². The Bertz CT molecular complexity index is 637. The summed E-state index contributed by atoms with van der Waals surface area (Å²) in [5.74, 6) is 0.202. The first-order valence-electron chi connectivity index (χ1n) is 6.52. The summed E-state index contributed by atoms with van der Waals surface area (Å²) < 4.78 is 13.1. The molecule has 3 nitrogen and oxygen atoms in total. The van der Waals surface area contributed by atoms with Crippen LogP contribution in [-0.4, -0.2) is 12.5 Å². The minimum Gasteiger partial charge on any atom is -0.369 e. The van der Waals surface area contributed by atoms with E-state index in [1.807, 2.05) is 23.1 Å². The van der Waals surface area contributed by atoms with Gasteiger partial charge in [0.1, 0.15) is 5.82 Å². The van der Waals surface area contributed by atoms with Gasteiger partial charge in [0.2, 0.25) is 0 Å². The maximum absolute atomic E-state index is 13.1. The largest absolute Gasteiger partial charge is 0.369 e. The number of anilines is 1. The fraction of sp³-hybridized carbons (Fsp3) is 0.188. The van der Waals surface area contributed by atoms with E-state index in [2.05, 4.69) is 24.0 Å². The molecule has 3 rings (SSSR count). The molecule has 0 fully saturated rings. The Morgan fingerprint density at radius 3 is 2.40 bits per heavy atom. The van der Waals surface area contributed by atoms with Gasteiger partial charge in [-0.1, -0.05) is 30.3 Å². The van der Waals surface area contributed by atoms with Gasteiger partial charge in [-0.25, -0.2) is 4.39 Å². The molecule has 0 amide bonds. The quantitative estimate of drug-likeness (QED) is 0.910. The summed E-state index contributed by atoms with van der Waals surface area (Å²) in [6.45, 7) is 2.68. The first-order valence-corrected chi connectivity index (χ1v) is 6.52. The molecule has 2 N–H and O–H groups in total. The average molecular weight is 269 g/mol. The number of nitrogens with zero attached hydrogens (tertiary/aromatic N) is 2. The number of guanidine groups is 1. The molecule has 0 radical (unpaired) electrons. The van der Waals surface area contributed by atoms with Crippen LogP contribution in [0.3, 0.4) is 0 Å². The number of hydrogen-bond donors (Lipinski definition) is 1. The van der Waals surface area contributed by atoms with E-state index in [-0.39, 0.29) is 11.4 Å². The molecule has 2 aromatic rings. The van der Waals surface area contributed by atoms with Crippen molar-refractivity contribution in [2.24, 2.45) is 10.7 Å². The lowest BCUT2D eigenvalue weighted by Crippen LogP contribution is -2.47. The summed E-state index contributed by atoms with van der Waals surface area (Å²) in [6, 6.07) is 16.4. The van der Waals surface area contributed by atoms with Gasteiger partial charge in [-0.15, -0.1) is 0 Å². The Balaban J connectivity index is 2.06. The van der Waals surface area contributed by atoms with Crippen LogP contribution >= 0.6 is 0 Å². The van der Waals surface area contributed by atoms with Gasteiger partial charge >= 0.3 is 0 Å². The number of benzene rings is 2. The van der Waals surface area contributed by atoms with E-state index in [0.717, 1.165) is 11.3 Å². The van der Waals surface area contributed by atoms with E-state index in [4.69, 9.17) is 5.73 Å². The third kappa shape index (κ3) is 1.93. The highest BCUT2D eigenvalue weighted by Gasteiger charge is 2.40. The summed E-state index contributed by atoms with van der Waals surface area (Å²) >= 11 is 0. The number of halogens is 1. The summed E-state index contributed by atoms with van der Waals surface area (Å²) in [6.07, 6.45) is 0. The monoisotopic (exact) mass is 269 g/mol. The van der Waals surface area contributed by atoms with Gasteiger partial charge in [0, 0.05) is 5.69 Å². The second-order valence-corrected chi connectivity index (χ2v) is 5.13. The van der Waals surface area contributed by atoms with E-state index in [1.165, 1.54) is 12.1 Å². The maximum Gasteiger partial charge on any atom is 0.196 e. The minimum absolute atomic E-state index is 0.259. The van der Waals surface area contributed by atoms with Crippen molar-refractivity contribution in [2.75, 3.05) is 11.4 Å². The van der Waals surface area contributed by atoms with Crippen LogP contribution in [0.4, 0.5) is 10.1 Å². The van der Waals surface area contributed by atoms with E-state index < -0.39 is 0 Å². The first kappa shape index (κ1) is 12.7. The van der Waals surface area contributed by atoms with Crippen molar-refractivity contribution < 1.29 is 4.39 Å². The molecule has 0 saturated carbocycles. The minimum atomic E-state index is -0.344. The molecule has 1 aliphatic rings. The van der Waals surface area contributed by atoms with Crippen LogP contribution in [-0.2, 0) is 5.54 Å². The standard InChI is InChI=1S/C16H16FN3/c1-16(12-5-3-2-4-6-12)11-19-15(18)20(16)14-9-7-13(17)8-10-14/h2-10H,11H2,1H3,(H2,18,19). The highest BCUT2D eigenvalue weighted by atomic mass is 19.1. The van der Waals surface area contributed by atoms with Crippen LogP contribution in [0, 0.1) is 5.82 Å². The van der Waals surface area contributed by atoms with Crippen molar-refractivity contribution in [3.05, 3.63) is 66.0 Å². The van der Waals surface area contributed by atoms with Crippen LogP contribution in [0.15, 0.2) is 59.6 Å². The topological polar surface area (TPSA) is 41.6 Å². The average Bonchev–Trinajstić information content (AvgIpc) is 2.78. The Morgan fingerprint density at radius 1 is 1.10 bits per heavy atom. The lowest BCUT2D eigenvalue weighted by molar-refractivity contribution is 0.532. The molecular weight excluding hydrogens is 253 g/mol. The zero-order valence-electron chi connectivity index (χ0n) is 11.3. The number of aliphatic imine (C=N–C) groups is 1. The van der Waals surface area contributed by atoms with Crippen LogP contribution in [0.5, 0.6) is 0 Å². The van der Waals surface area contributed by atoms with Crippen LogP contribution in [0.25, 0.3) is 0 Å². The van der Waals surface area contributed by atoms with Gasteiger partial charge in [0.15, 0.2) is 5.96 Å². The number of rotatable bonds is 2. The third-order valence-electron chi connectivity index (χ3n) is 3.75. The SMILES string of the molecule is CC1(c2ccccc2)CN=C(N)N1c1ccc(F)cc1. The van der Waals surface area contributed by atoms with Crippen LogP contribution in [0.2, 0.25) is 0 Å². The lowest BCUT2D eigenvalue weighted by Gasteiger charge is -2.36. The first-order chi connectivity index (χ1) is 9.61. The Labute approximate surface area is 117 Å². The van der Waals surface area contributed by atoms with Gasteiger partial charge in [0.05, 0.1) is 12.1 Å². The second-order valence-electron chi connectivity index (χ2n) is 5.13. The van der Waals surface area contributed by atoms with Crippen LogP contribution < -0.4 is 10.6 Å². The Morgan fingerprint density at radius 2 is 1.75 bits per heavy atom. The summed E-state index contributed by atoms with van der Waals surface area (Å²) in [4.78, 5) is 6.33. The molecule has 4 heteroatoms. The molecule has 1 unspecified atom stereocenters. The number of nitrogens with two attached hydrogens (primary N) is 1. The molecule has 0 spiro atoms. The highest BCUT2D eigenvalue weighted by molar-refractivity contribution is 5.98. The molecule has 1 aliphatic heterocycles. The molecule has 102 valence electrons. The molecule has 1 atom stereocenters. The van der Waals surface area contributed by atoms with Gasteiger partial charge in [-0.05, 0) is 36.8 Å². The summed E-state index contributed by atoms with van der Waals surface area (Å²) in [5.41, 5.74) is 7.68. The molecular formula is C16H16FN3. The second kappa shape index (κ2) is 4.63. The molecule has 2 aromatic carbocycles. The molecule has 1 heterocycles. The highest BCUT2D eigenvalue weighted by Crippen LogP contribution is 2.36.